The lowest BCUT2D eigenvalue weighted by Crippen LogP contribution is -2.36. The van der Waals surface area contributed by atoms with Gasteiger partial charge in [-0.3, -0.25) is 9.69 Å². The molecule has 0 bridgehead atoms. The molecule has 0 aromatic heterocycles. The van der Waals surface area contributed by atoms with Crippen molar-refractivity contribution in [2.75, 3.05) is 19.7 Å². The van der Waals surface area contributed by atoms with E-state index in [4.69, 9.17) is 9.47 Å². The number of nitriles is 1. The highest BCUT2D eigenvalue weighted by molar-refractivity contribution is 5.90. The standard InChI is InChI=1S/C27H31F3N2O3/c1-2-34-26(33)19-11-13-32(14-12-19)17-18-3-9-23-20(15-18)4-10-25(24(23)16-31)35-22-7-5-21(6-8-22)27(28,29)30/h3-4,9-10,15,19,21-22H,2,5-8,11-14,17H2,1H3. The van der Waals surface area contributed by atoms with Gasteiger partial charge in [0, 0.05) is 11.9 Å². The topological polar surface area (TPSA) is 62.6 Å². The van der Waals surface area contributed by atoms with Gasteiger partial charge < -0.3 is 9.47 Å². The molecule has 1 aliphatic heterocycles. The van der Waals surface area contributed by atoms with Gasteiger partial charge in [-0.15, -0.1) is 0 Å². The lowest BCUT2D eigenvalue weighted by molar-refractivity contribution is -0.185. The van der Waals surface area contributed by atoms with Gasteiger partial charge in [-0.25, -0.2) is 0 Å². The molecule has 0 spiro atoms. The van der Waals surface area contributed by atoms with Crippen LogP contribution in [0.5, 0.6) is 5.75 Å². The monoisotopic (exact) mass is 488 g/mol. The summed E-state index contributed by atoms with van der Waals surface area (Å²) < 4.78 is 50.0. The lowest BCUT2D eigenvalue weighted by Gasteiger charge is -2.31. The molecule has 2 fully saturated rings. The molecule has 4 rings (SSSR count). The summed E-state index contributed by atoms with van der Waals surface area (Å²) in [5.41, 5.74) is 1.54. The van der Waals surface area contributed by atoms with Crippen molar-refractivity contribution in [3.8, 4) is 11.8 Å². The number of piperidine rings is 1. The minimum atomic E-state index is -4.15. The quantitative estimate of drug-likeness (QED) is 0.468. The first-order valence-electron chi connectivity index (χ1n) is 12.4. The van der Waals surface area contributed by atoms with E-state index in [0.717, 1.165) is 48.8 Å². The van der Waals surface area contributed by atoms with Crippen molar-refractivity contribution in [2.45, 2.75) is 64.3 Å². The van der Waals surface area contributed by atoms with E-state index in [1.807, 2.05) is 25.1 Å². The smallest absolute Gasteiger partial charge is 0.391 e. The molecule has 1 saturated heterocycles. The number of carbonyl (C=O) groups is 1. The van der Waals surface area contributed by atoms with Crippen LogP contribution in [0.4, 0.5) is 13.2 Å². The van der Waals surface area contributed by atoms with Crippen LogP contribution in [0.1, 0.15) is 56.6 Å². The average molecular weight is 489 g/mol. The lowest BCUT2D eigenvalue weighted by atomic mass is 9.87. The van der Waals surface area contributed by atoms with Crippen molar-refractivity contribution < 1.29 is 27.4 Å². The zero-order valence-electron chi connectivity index (χ0n) is 19.9. The molecular formula is C27H31F3N2O3. The molecule has 0 unspecified atom stereocenters. The van der Waals surface area contributed by atoms with E-state index in [1.165, 1.54) is 0 Å². The van der Waals surface area contributed by atoms with Crippen molar-refractivity contribution in [3.05, 3.63) is 41.5 Å². The number of ether oxygens (including phenoxy) is 2. The van der Waals surface area contributed by atoms with Crippen molar-refractivity contribution in [3.63, 3.8) is 0 Å². The van der Waals surface area contributed by atoms with Crippen LogP contribution in [0.3, 0.4) is 0 Å². The van der Waals surface area contributed by atoms with Crippen LogP contribution in [-0.4, -0.2) is 42.8 Å². The third-order valence-corrected chi connectivity index (χ3v) is 7.20. The molecule has 0 atom stereocenters. The van der Waals surface area contributed by atoms with Crippen LogP contribution >= 0.6 is 0 Å². The molecule has 0 N–H and O–H groups in total. The Bertz CT molecular complexity index is 1080. The molecule has 188 valence electrons. The molecule has 8 heteroatoms. The molecule has 2 aromatic rings. The number of esters is 1. The third-order valence-electron chi connectivity index (χ3n) is 7.20. The Hall–Kier alpha value is -2.79. The van der Waals surface area contributed by atoms with E-state index in [0.29, 0.717) is 30.8 Å². The Balaban J connectivity index is 1.40. The summed E-state index contributed by atoms with van der Waals surface area (Å²) in [6.07, 6.45) is -2.10. The van der Waals surface area contributed by atoms with Gasteiger partial charge in [-0.05, 0) is 81.6 Å². The Morgan fingerprint density at radius 1 is 1.09 bits per heavy atom. The number of hydrogen-bond acceptors (Lipinski definition) is 5. The van der Waals surface area contributed by atoms with Gasteiger partial charge in [0.15, 0.2) is 0 Å². The van der Waals surface area contributed by atoms with Gasteiger partial charge in [0.1, 0.15) is 17.4 Å². The van der Waals surface area contributed by atoms with Gasteiger partial charge in [0.25, 0.3) is 0 Å². The summed E-state index contributed by atoms with van der Waals surface area (Å²) in [6.45, 7) is 4.64. The van der Waals surface area contributed by atoms with Crippen molar-refractivity contribution in [1.82, 2.24) is 4.90 Å². The molecule has 0 radical (unpaired) electrons. The number of rotatable bonds is 6. The van der Waals surface area contributed by atoms with E-state index >= 15 is 0 Å². The average Bonchev–Trinajstić information content (AvgIpc) is 2.84. The molecule has 1 saturated carbocycles. The summed E-state index contributed by atoms with van der Waals surface area (Å²) in [4.78, 5) is 14.3. The minimum Gasteiger partial charge on any atom is -0.489 e. The van der Waals surface area contributed by atoms with E-state index in [-0.39, 0.29) is 30.8 Å². The summed E-state index contributed by atoms with van der Waals surface area (Å²) in [5.74, 6) is -0.954. The predicted molar refractivity (Wildman–Crippen MR) is 126 cm³/mol. The molecular weight excluding hydrogens is 457 g/mol. The molecule has 2 aromatic carbocycles. The minimum absolute atomic E-state index is 0.0251. The number of likely N-dealkylation sites (tertiary alicyclic amines) is 1. The van der Waals surface area contributed by atoms with Crippen LogP contribution < -0.4 is 4.74 Å². The highest BCUT2D eigenvalue weighted by Crippen LogP contribution is 2.39. The van der Waals surface area contributed by atoms with Crippen LogP contribution in [0.2, 0.25) is 0 Å². The third kappa shape index (κ3) is 6.07. The fourth-order valence-electron chi connectivity index (χ4n) is 5.20. The van der Waals surface area contributed by atoms with Crippen molar-refractivity contribution >= 4 is 16.7 Å². The van der Waals surface area contributed by atoms with E-state index < -0.39 is 12.1 Å². The zero-order valence-corrected chi connectivity index (χ0v) is 19.9. The van der Waals surface area contributed by atoms with Gasteiger partial charge in [-0.1, -0.05) is 18.2 Å². The van der Waals surface area contributed by atoms with E-state index in [2.05, 4.69) is 17.0 Å². The highest BCUT2D eigenvalue weighted by atomic mass is 19.4. The predicted octanol–water partition coefficient (Wildman–Crippen LogP) is 5.99. The number of carbonyl (C=O) groups excluding carboxylic acids is 1. The second kappa shape index (κ2) is 10.9. The van der Waals surface area contributed by atoms with Crippen LogP contribution in [-0.2, 0) is 16.1 Å². The Morgan fingerprint density at radius 2 is 1.80 bits per heavy atom. The fraction of sp³-hybridized carbons (Fsp3) is 0.556. The van der Waals surface area contributed by atoms with Gasteiger partial charge >= 0.3 is 12.1 Å². The number of benzene rings is 2. The first-order valence-corrected chi connectivity index (χ1v) is 12.4. The molecule has 1 heterocycles. The van der Waals surface area contributed by atoms with Crippen LogP contribution in [0.25, 0.3) is 10.8 Å². The maximum atomic E-state index is 12.9. The number of halogens is 3. The number of hydrogen-bond donors (Lipinski definition) is 0. The largest absolute Gasteiger partial charge is 0.489 e. The van der Waals surface area contributed by atoms with Crippen molar-refractivity contribution in [1.29, 1.82) is 5.26 Å². The summed E-state index contributed by atoms with van der Waals surface area (Å²) >= 11 is 0. The summed E-state index contributed by atoms with van der Waals surface area (Å²) in [7, 11) is 0. The van der Waals surface area contributed by atoms with Gasteiger partial charge in [0.05, 0.1) is 24.5 Å². The maximum absolute atomic E-state index is 12.9. The highest BCUT2D eigenvalue weighted by Gasteiger charge is 2.41. The van der Waals surface area contributed by atoms with Crippen molar-refractivity contribution in [2.24, 2.45) is 11.8 Å². The fourth-order valence-corrected chi connectivity index (χ4v) is 5.20. The number of alkyl halides is 3. The second-order valence-corrected chi connectivity index (χ2v) is 9.54. The molecule has 5 nitrogen and oxygen atoms in total. The van der Waals surface area contributed by atoms with E-state index in [1.54, 1.807) is 6.07 Å². The van der Waals surface area contributed by atoms with Crippen LogP contribution in [0, 0.1) is 23.2 Å². The van der Waals surface area contributed by atoms with E-state index in [9.17, 15) is 23.2 Å². The molecule has 2 aliphatic rings. The zero-order chi connectivity index (χ0) is 25.0. The van der Waals surface area contributed by atoms with Gasteiger partial charge in [-0.2, -0.15) is 18.4 Å². The summed E-state index contributed by atoms with van der Waals surface area (Å²) in [6, 6.07) is 11.9. The van der Waals surface area contributed by atoms with Gasteiger partial charge in [0.2, 0.25) is 0 Å². The Morgan fingerprint density at radius 3 is 2.43 bits per heavy atom. The first kappa shape index (κ1) is 25.3. The molecule has 1 aliphatic carbocycles. The number of fused-ring (bicyclic) bond motifs is 1. The molecule has 0 amide bonds. The van der Waals surface area contributed by atoms with Crippen LogP contribution in [0.15, 0.2) is 30.3 Å². The Labute approximate surface area is 203 Å². The normalized spacial score (nSPS) is 22.0. The second-order valence-electron chi connectivity index (χ2n) is 9.54. The number of nitrogens with zero attached hydrogens (tertiary/aromatic N) is 2. The first-order chi connectivity index (χ1) is 16.8. The summed E-state index contributed by atoms with van der Waals surface area (Å²) in [5, 5.41) is 11.5. The molecule has 35 heavy (non-hydrogen) atoms. The maximum Gasteiger partial charge on any atom is 0.391 e. The Kier molecular flexibility index (Phi) is 7.85. The SMILES string of the molecule is CCOC(=O)C1CCN(Cc2ccc3c(C#N)c(OC4CCC(C(F)(F)F)CC4)ccc3c2)CC1.